The molecule has 150 valence electrons. The normalized spacial score (nSPS) is 12.2. The smallest absolute Gasteiger partial charge is 0.118 e. The van der Waals surface area contributed by atoms with Crippen LogP contribution in [0, 0.1) is 0 Å². The van der Waals surface area contributed by atoms with Gasteiger partial charge in [0.2, 0.25) is 0 Å². The third-order valence-electron chi connectivity index (χ3n) is 5.21. The number of benzene rings is 4. The van der Waals surface area contributed by atoms with Gasteiger partial charge in [-0.15, -0.1) is 0 Å². The zero-order valence-electron chi connectivity index (χ0n) is 17.0. The molecule has 0 aliphatic carbocycles. The van der Waals surface area contributed by atoms with E-state index in [1.165, 1.54) is 21.7 Å². The van der Waals surface area contributed by atoms with E-state index in [2.05, 4.69) is 48.5 Å². The minimum atomic E-state index is -0.622. The van der Waals surface area contributed by atoms with Crippen molar-refractivity contribution >= 4 is 19.2 Å². The third-order valence-corrected chi connectivity index (χ3v) is 6.69. The van der Waals surface area contributed by atoms with Crippen molar-refractivity contribution in [1.29, 1.82) is 0 Å². The Balaban J connectivity index is 1.61. The Morgan fingerprint density at radius 1 is 0.733 bits per heavy atom. The van der Waals surface area contributed by atoms with Gasteiger partial charge in [-0.1, -0.05) is 99.6 Å². The molecule has 0 saturated heterocycles. The molecule has 4 aromatic carbocycles. The van der Waals surface area contributed by atoms with Crippen molar-refractivity contribution in [3.05, 3.63) is 125 Å². The molecule has 2 atom stereocenters. The van der Waals surface area contributed by atoms with Gasteiger partial charge in [0.1, 0.15) is 11.9 Å². The average Bonchev–Trinajstić information content (AvgIpc) is 2.81. The number of hydrogen-bond donors (Lipinski definition) is 1. The number of aliphatic hydroxyl groups is 1. The predicted octanol–water partition coefficient (Wildman–Crippen LogP) is 5.00. The van der Waals surface area contributed by atoms with E-state index in [1.807, 2.05) is 54.6 Å². The first-order chi connectivity index (χ1) is 14.7. The maximum absolute atomic E-state index is 11.0. The van der Waals surface area contributed by atoms with E-state index in [0.29, 0.717) is 8.58 Å². The van der Waals surface area contributed by atoms with Crippen molar-refractivity contribution in [1.82, 2.24) is 0 Å². The SMILES string of the molecule is COc1ccc(Cc2ccccc2Pc2ccccc2C(O)c2ccccc2)cc1. The summed E-state index contributed by atoms with van der Waals surface area (Å²) in [6, 6.07) is 34.9. The van der Waals surface area contributed by atoms with Gasteiger partial charge in [-0.05, 0) is 51.4 Å². The molecule has 0 aromatic heterocycles. The maximum atomic E-state index is 11.0. The monoisotopic (exact) mass is 412 g/mol. The van der Waals surface area contributed by atoms with Gasteiger partial charge in [-0.2, -0.15) is 0 Å². The highest BCUT2D eigenvalue weighted by Gasteiger charge is 2.15. The van der Waals surface area contributed by atoms with E-state index in [4.69, 9.17) is 4.74 Å². The van der Waals surface area contributed by atoms with E-state index in [9.17, 15) is 5.11 Å². The van der Waals surface area contributed by atoms with Gasteiger partial charge in [0, 0.05) is 0 Å². The van der Waals surface area contributed by atoms with Crippen molar-refractivity contribution in [2.45, 2.75) is 12.5 Å². The minimum absolute atomic E-state index is 0.477. The molecule has 2 unspecified atom stereocenters. The van der Waals surface area contributed by atoms with Crippen molar-refractivity contribution in [2.75, 3.05) is 7.11 Å². The highest BCUT2D eigenvalue weighted by Crippen LogP contribution is 2.26. The van der Waals surface area contributed by atoms with Crippen molar-refractivity contribution < 1.29 is 9.84 Å². The average molecular weight is 412 g/mol. The zero-order valence-corrected chi connectivity index (χ0v) is 18.0. The molecule has 0 aliphatic rings. The topological polar surface area (TPSA) is 29.5 Å². The summed E-state index contributed by atoms with van der Waals surface area (Å²) in [4.78, 5) is 0. The lowest BCUT2D eigenvalue weighted by Crippen LogP contribution is -2.15. The molecule has 30 heavy (non-hydrogen) atoms. The third kappa shape index (κ3) is 4.79. The van der Waals surface area contributed by atoms with Crippen molar-refractivity contribution in [3.63, 3.8) is 0 Å². The van der Waals surface area contributed by atoms with Crippen LogP contribution >= 0.6 is 8.58 Å². The van der Waals surface area contributed by atoms with Crippen LogP contribution in [0.1, 0.15) is 28.4 Å². The summed E-state index contributed by atoms with van der Waals surface area (Å²) in [5, 5.41) is 13.5. The predicted molar refractivity (Wildman–Crippen MR) is 127 cm³/mol. The summed E-state index contributed by atoms with van der Waals surface area (Å²) in [5.41, 5.74) is 4.46. The number of methoxy groups -OCH3 is 1. The molecule has 2 nitrogen and oxygen atoms in total. The molecule has 0 amide bonds. The van der Waals surface area contributed by atoms with Gasteiger partial charge in [0.15, 0.2) is 0 Å². The zero-order chi connectivity index (χ0) is 20.8. The molecule has 0 saturated carbocycles. The fourth-order valence-corrected chi connectivity index (χ4v) is 4.91. The second-order valence-corrected chi connectivity index (χ2v) is 8.53. The fraction of sp³-hybridized carbons (Fsp3) is 0.111. The lowest BCUT2D eigenvalue weighted by atomic mass is 10.0. The fourth-order valence-electron chi connectivity index (χ4n) is 3.57. The molecular formula is C27H25O2P. The van der Waals surface area contributed by atoms with Crippen molar-refractivity contribution in [2.24, 2.45) is 0 Å². The molecule has 0 fully saturated rings. The van der Waals surface area contributed by atoms with Crippen LogP contribution in [-0.2, 0) is 6.42 Å². The molecular weight excluding hydrogens is 387 g/mol. The van der Waals surface area contributed by atoms with Gasteiger partial charge in [0.05, 0.1) is 7.11 Å². The van der Waals surface area contributed by atoms with Crippen LogP contribution < -0.4 is 15.3 Å². The summed E-state index contributed by atoms with van der Waals surface area (Å²) < 4.78 is 5.27. The number of aliphatic hydroxyl groups excluding tert-OH is 1. The molecule has 3 heteroatoms. The van der Waals surface area contributed by atoms with E-state index in [0.717, 1.165) is 23.3 Å². The highest BCUT2D eigenvalue weighted by molar-refractivity contribution is 7.55. The largest absolute Gasteiger partial charge is 0.497 e. The number of hydrogen-bond acceptors (Lipinski definition) is 2. The molecule has 1 N–H and O–H groups in total. The standard InChI is InChI=1S/C27H25O2P/c1-29-23-17-15-20(16-18-23)19-22-11-5-7-13-25(22)30-26-14-8-6-12-24(26)27(28)21-9-3-2-4-10-21/h2-18,27-28,30H,19H2,1H3. The van der Waals surface area contributed by atoms with Crippen LogP contribution in [0.25, 0.3) is 0 Å². The van der Waals surface area contributed by atoms with Crippen LogP contribution in [0.5, 0.6) is 5.75 Å². The first kappa shape index (κ1) is 20.3. The summed E-state index contributed by atoms with van der Waals surface area (Å²) in [6.45, 7) is 0. The molecule has 4 rings (SSSR count). The Morgan fingerprint density at radius 2 is 1.37 bits per heavy atom. The molecule has 0 spiro atoms. The van der Waals surface area contributed by atoms with Gasteiger partial charge in [0.25, 0.3) is 0 Å². The van der Waals surface area contributed by atoms with Crippen LogP contribution in [0.3, 0.4) is 0 Å². The maximum Gasteiger partial charge on any atom is 0.118 e. The van der Waals surface area contributed by atoms with E-state index >= 15 is 0 Å². The minimum Gasteiger partial charge on any atom is -0.497 e. The second kappa shape index (κ2) is 9.71. The second-order valence-electron chi connectivity index (χ2n) is 7.21. The molecule has 4 aromatic rings. The van der Waals surface area contributed by atoms with E-state index < -0.39 is 6.10 Å². The van der Waals surface area contributed by atoms with Crippen molar-refractivity contribution in [3.8, 4) is 5.75 Å². The van der Waals surface area contributed by atoms with Crippen LogP contribution in [0.4, 0.5) is 0 Å². The molecule has 0 bridgehead atoms. The van der Waals surface area contributed by atoms with E-state index in [1.54, 1.807) is 7.11 Å². The highest BCUT2D eigenvalue weighted by atomic mass is 31.1. The first-order valence-corrected chi connectivity index (χ1v) is 11.0. The van der Waals surface area contributed by atoms with Gasteiger partial charge in [-0.3, -0.25) is 0 Å². The van der Waals surface area contributed by atoms with Gasteiger partial charge in [-0.25, -0.2) is 0 Å². The summed E-state index contributed by atoms with van der Waals surface area (Å²) in [6.07, 6.45) is 0.250. The lowest BCUT2D eigenvalue weighted by molar-refractivity contribution is 0.221. The van der Waals surface area contributed by atoms with Crippen LogP contribution in [0.15, 0.2) is 103 Å². The Labute approximate surface area is 180 Å². The Morgan fingerprint density at radius 3 is 2.10 bits per heavy atom. The summed E-state index contributed by atoms with van der Waals surface area (Å²) in [7, 11) is 2.16. The molecule has 0 aliphatic heterocycles. The van der Waals surface area contributed by atoms with Crippen LogP contribution in [0.2, 0.25) is 0 Å². The van der Waals surface area contributed by atoms with Gasteiger partial charge < -0.3 is 9.84 Å². The molecule has 0 radical (unpaired) electrons. The Kier molecular flexibility index (Phi) is 6.59. The summed E-state index contributed by atoms with van der Waals surface area (Å²) in [5.74, 6) is 0.873. The first-order valence-electron chi connectivity index (χ1n) is 10.0. The van der Waals surface area contributed by atoms with Crippen LogP contribution in [-0.4, -0.2) is 12.2 Å². The lowest BCUT2D eigenvalue weighted by Gasteiger charge is -2.17. The molecule has 0 heterocycles. The number of ether oxygens (including phenoxy) is 1. The number of rotatable bonds is 7. The Bertz CT molecular complexity index is 1090. The quantitative estimate of drug-likeness (QED) is 0.433. The summed E-state index contributed by atoms with van der Waals surface area (Å²) >= 11 is 0. The van der Waals surface area contributed by atoms with Gasteiger partial charge >= 0.3 is 0 Å². The Hall–Kier alpha value is -2.93. The van der Waals surface area contributed by atoms with E-state index in [-0.39, 0.29) is 0 Å².